The lowest BCUT2D eigenvalue weighted by Gasteiger charge is -2.22. The Morgan fingerprint density at radius 1 is 1.20 bits per heavy atom. The Bertz CT molecular complexity index is 208. The van der Waals surface area contributed by atoms with Gasteiger partial charge in [-0.15, -0.1) is 0 Å². The first-order valence-electron chi connectivity index (χ1n) is 5.83. The number of hydrogen-bond acceptors (Lipinski definition) is 3. The quantitative estimate of drug-likeness (QED) is 0.751. The molecule has 0 spiro atoms. The van der Waals surface area contributed by atoms with Gasteiger partial charge in [0.15, 0.2) is 0 Å². The Labute approximate surface area is 90.3 Å². The van der Waals surface area contributed by atoms with Gasteiger partial charge in [0.05, 0.1) is 0 Å². The number of hydrogen-bond donors (Lipinski definition) is 1. The lowest BCUT2D eigenvalue weighted by Crippen LogP contribution is -2.38. The third-order valence-corrected chi connectivity index (χ3v) is 3.13. The van der Waals surface area contributed by atoms with Gasteiger partial charge in [-0.3, -0.25) is 4.79 Å². The molecule has 4 heteroatoms. The first-order valence-corrected chi connectivity index (χ1v) is 5.83. The van der Waals surface area contributed by atoms with E-state index >= 15 is 0 Å². The van der Waals surface area contributed by atoms with Crippen molar-refractivity contribution in [1.29, 1.82) is 0 Å². The summed E-state index contributed by atoms with van der Waals surface area (Å²) < 4.78 is 10.6. The van der Waals surface area contributed by atoms with Crippen LogP contribution >= 0.6 is 0 Å². The maximum Gasteiger partial charge on any atom is 0.249 e. The minimum absolute atomic E-state index is 0.0685. The van der Waals surface area contributed by atoms with Crippen molar-refractivity contribution >= 4 is 5.91 Å². The molecule has 0 aliphatic carbocycles. The van der Waals surface area contributed by atoms with Crippen LogP contribution in [-0.2, 0) is 14.3 Å². The van der Waals surface area contributed by atoms with Gasteiger partial charge < -0.3 is 14.8 Å². The number of amides is 1. The molecule has 2 fully saturated rings. The summed E-state index contributed by atoms with van der Waals surface area (Å²) in [4.78, 5) is 11.6. The number of nitrogens with one attached hydrogen (secondary N) is 1. The molecule has 0 aromatic rings. The minimum atomic E-state index is -0.190. The maximum atomic E-state index is 11.6. The summed E-state index contributed by atoms with van der Waals surface area (Å²) in [5.74, 6) is 0.656. The highest BCUT2D eigenvalue weighted by Gasteiger charge is 2.24. The molecule has 86 valence electrons. The molecular formula is C11H19NO3. The highest BCUT2D eigenvalue weighted by molar-refractivity contribution is 5.80. The van der Waals surface area contributed by atoms with Crippen molar-refractivity contribution in [3.63, 3.8) is 0 Å². The summed E-state index contributed by atoms with van der Waals surface area (Å²) in [7, 11) is 0. The van der Waals surface area contributed by atoms with Crippen molar-refractivity contribution in [2.75, 3.05) is 26.4 Å². The van der Waals surface area contributed by atoms with E-state index in [1.807, 2.05) is 0 Å². The van der Waals surface area contributed by atoms with Crippen molar-refractivity contribution in [2.24, 2.45) is 5.92 Å². The molecule has 2 rings (SSSR count). The summed E-state index contributed by atoms with van der Waals surface area (Å²) in [6.45, 7) is 3.18. The summed E-state index contributed by atoms with van der Waals surface area (Å²) >= 11 is 0. The van der Waals surface area contributed by atoms with Gasteiger partial charge in [-0.25, -0.2) is 0 Å². The van der Waals surface area contributed by atoms with Crippen molar-refractivity contribution < 1.29 is 14.3 Å². The second kappa shape index (κ2) is 5.47. The van der Waals surface area contributed by atoms with Gasteiger partial charge in [-0.1, -0.05) is 0 Å². The zero-order valence-corrected chi connectivity index (χ0v) is 9.04. The molecule has 4 nitrogen and oxygen atoms in total. The highest BCUT2D eigenvalue weighted by atomic mass is 16.5. The zero-order chi connectivity index (χ0) is 10.5. The predicted molar refractivity (Wildman–Crippen MR) is 55.5 cm³/mol. The standard InChI is InChI=1S/C11H19NO3/c13-11(10-2-1-5-15-10)12-8-9-3-6-14-7-4-9/h9-10H,1-8H2,(H,12,13). The molecule has 0 saturated carbocycles. The smallest absolute Gasteiger partial charge is 0.249 e. The zero-order valence-electron chi connectivity index (χ0n) is 9.04. The van der Waals surface area contributed by atoms with Crippen molar-refractivity contribution in [2.45, 2.75) is 31.8 Å². The van der Waals surface area contributed by atoms with Gasteiger partial charge in [0, 0.05) is 26.4 Å². The van der Waals surface area contributed by atoms with E-state index in [0.717, 1.165) is 52.0 Å². The summed E-state index contributed by atoms with van der Waals surface area (Å²) in [5, 5.41) is 2.97. The first kappa shape index (κ1) is 10.9. The lowest BCUT2D eigenvalue weighted by molar-refractivity contribution is -0.130. The molecule has 0 aromatic heterocycles. The van der Waals surface area contributed by atoms with Gasteiger partial charge >= 0.3 is 0 Å². The third kappa shape index (κ3) is 3.18. The number of rotatable bonds is 3. The van der Waals surface area contributed by atoms with E-state index in [1.165, 1.54) is 0 Å². The fraction of sp³-hybridized carbons (Fsp3) is 0.909. The Hall–Kier alpha value is -0.610. The molecule has 1 amide bonds. The summed E-state index contributed by atoms with van der Waals surface area (Å²) in [6, 6.07) is 0. The number of carbonyl (C=O) groups is 1. The van der Waals surface area contributed by atoms with Crippen LogP contribution in [0, 0.1) is 5.92 Å². The summed E-state index contributed by atoms with van der Waals surface area (Å²) in [5.41, 5.74) is 0. The second-order valence-corrected chi connectivity index (χ2v) is 4.30. The van der Waals surface area contributed by atoms with E-state index in [0.29, 0.717) is 5.92 Å². The van der Waals surface area contributed by atoms with Crippen LogP contribution in [0.1, 0.15) is 25.7 Å². The van der Waals surface area contributed by atoms with Crippen LogP contribution in [0.4, 0.5) is 0 Å². The van der Waals surface area contributed by atoms with Crippen LogP contribution in [0.25, 0.3) is 0 Å². The topological polar surface area (TPSA) is 47.6 Å². The minimum Gasteiger partial charge on any atom is -0.381 e. The molecule has 0 radical (unpaired) electrons. The van der Waals surface area contributed by atoms with Crippen LogP contribution in [-0.4, -0.2) is 38.4 Å². The number of ether oxygens (including phenoxy) is 2. The van der Waals surface area contributed by atoms with Crippen molar-refractivity contribution in [1.82, 2.24) is 5.32 Å². The molecular weight excluding hydrogens is 194 g/mol. The Morgan fingerprint density at radius 2 is 2.00 bits per heavy atom. The third-order valence-electron chi connectivity index (χ3n) is 3.13. The second-order valence-electron chi connectivity index (χ2n) is 4.30. The van der Waals surface area contributed by atoms with Gasteiger partial charge in [0.1, 0.15) is 6.10 Å². The van der Waals surface area contributed by atoms with Crippen LogP contribution in [0.15, 0.2) is 0 Å². The summed E-state index contributed by atoms with van der Waals surface area (Å²) in [6.07, 6.45) is 3.82. The Balaban J connectivity index is 1.65. The van der Waals surface area contributed by atoms with E-state index in [2.05, 4.69) is 5.32 Å². The molecule has 2 heterocycles. The molecule has 2 aliphatic heterocycles. The Kier molecular flexibility index (Phi) is 3.97. The van der Waals surface area contributed by atoms with Gasteiger partial charge in [0.25, 0.3) is 0 Å². The van der Waals surface area contributed by atoms with E-state index in [9.17, 15) is 4.79 Å². The van der Waals surface area contributed by atoms with Gasteiger partial charge in [0.2, 0.25) is 5.91 Å². The average Bonchev–Trinajstić information content (AvgIpc) is 2.81. The monoisotopic (exact) mass is 213 g/mol. The number of carbonyl (C=O) groups excluding carboxylic acids is 1. The normalized spacial score (nSPS) is 27.9. The van der Waals surface area contributed by atoms with Crippen molar-refractivity contribution in [3.05, 3.63) is 0 Å². The van der Waals surface area contributed by atoms with E-state index in [-0.39, 0.29) is 12.0 Å². The largest absolute Gasteiger partial charge is 0.381 e. The molecule has 1 atom stereocenters. The van der Waals surface area contributed by atoms with Gasteiger partial charge in [-0.05, 0) is 31.6 Å². The van der Waals surface area contributed by atoms with Crippen molar-refractivity contribution in [3.8, 4) is 0 Å². The molecule has 15 heavy (non-hydrogen) atoms. The lowest BCUT2D eigenvalue weighted by atomic mass is 10.0. The predicted octanol–water partition coefficient (Wildman–Crippen LogP) is 0.708. The van der Waals surface area contributed by atoms with Gasteiger partial charge in [-0.2, -0.15) is 0 Å². The molecule has 0 bridgehead atoms. The fourth-order valence-corrected chi connectivity index (χ4v) is 2.09. The average molecular weight is 213 g/mol. The molecule has 2 saturated heterocycles. The van der Waals surface area contributed by atoms with E-state index in [4.69, 9.17) is 9.47 Å². The van der Waals surface area contributed by atoms with E-state index in [1.54, 1.807) is 0 Å². The van der Waals surface area contributed by atoms with E-state index < -0.39 is 0 Å². The van der Waals surface area contributed by atoms with Crippen LogP contribution in [0.3, 0.4) is 0 Å². The van der Waals surface area contributed by atoms with Crippen LogP contribution < -0.4 is 5.32 Å². The van der Waals surface area contributed by atoms with Crippen LogP contribution in [0.5, 0.6) is 0 Å². The molecule has 0 aromatic carbocycles. The molecule has 1 unspecified atom stereocenters. The molecule has 2 aliphatic rings. The first-order chi connectivity index (χ1) is 7.36. The fourth-order valence-electron chi connectivity index (χ4n) is 2.09. The SMILES string of the molecule is O=C(NCC1CCOCC1)C1CCCO1. The Morgan fingerprint density at radius 3 is 2.67 bits per heavy atom. The van der Waals surface area contributed by atoms with Crippen LogP contribution in [0.2, 0.25) is 0 Å². The maximum absolute atomic E-state index is 11.6. The highest BCUT2D eigenvalue weighted by Crippen LogP contribution is 2.15. The molecule has 1 N–H and O–H groups in total.